The van der Waals surface area contributed by atoms with Crippen LogP contribution in [0.15, 0.2) is 4.99 Å². The molecule has 1 aromatic rings. The van der Waals surface area contributed by atoms with E-state index in [1.54, 1.807) is 7.05 Å². The number of amides is 1. The predicted molar refractivity (Wildman–Crippen MR) is 111 cm³/mol. The van der Waals surface area contributed by atoms with Crippen LogP contribution in [0.1, 0.15) is 36.7 Å². The molecule has 3 N–H and O–H groups in total. The van der Waals surface area contributed by atoms with Gasteiger partial charge in [-0.1, -0.05) is 0 Å². The van der Waals surface area contributed by atoms with E-state index in [4.69, 9.17) is 0 Å². The highest BCUT2D eigenvalue weighted by atomic mass is 127. The van der Waals surface area contributed by atoms with Crippen molar-refractivity contribution in [3.05, 3.63) is 17.0 Å². The number of hydrogen-bond donors (Lipinski definition) is 3. The molecule has 1 unspecified atom stereocenters. The maximum atomic E-state index is 11.6. The van der Waals surface area contributed by atoms with Crippen LogP contribution >= 0.6 is 24.0 Å². The van der Waals surface area contributed by atoms with E-state index in [1.165, 1.54) is 11.3 Å². The minimum Gasteiger partial charge on any atom is -0.355 e. The van der Waals surface area contributed by atoms with Gasteiger partial charge in [0.1, 0.15) is 0 Å². The lowest BCUT2D eigenvalue weighted by Gasteiger charge is -2.18. The molecule has 0 saturated heterocycles. The fourth-order valence-corrected chi connectivity index (χ4v) is 2.75. The Morgan fingerprint density at radius 3 is 2.48 bits per heavy atom. The average molecular weight is 462 g/mol. The van der Waals surface area contributed by atoms with Gasteiger partial charge in [0, 0.05) is 44.8 Å². The Labute approximate surface area is 167 Å². The zero-order chi connectivity index (χ0) is 17.7. The maximum Gasteiger partial charge on any atom is 0.223 e. The number of hydrogen-bond acceptors (Lipinski definition) is 3. The molecule has 1 saturated carbocycles. The van der Waals surface area contributed by atoms with Crippen molar-refractivity contribution in [2.45, 2.75) is 46.1 Å². The first kappa shape index (κ1) is 21.7. The maximum absolute atomic E-state index is 11.6. The number of aryl methyl sites for hydroxylation is 2. The Balaban J connectivity index is 0.00000312. The summed E-state index contributed by atoms with van der Waals surface area (Å²) in [5.41, 5.74) is 3.56. The molecule has 142 valence electrons. The molecular weight excluding hydrogens is 431 g/mol. The standard InChI is InChI=1S/C17H30N6O.HI/c1-11(10-15-12(2)22-23(5)13(15)3)21-17(18-4)20-9-8-19-16(24)14-6-7-14;/h11,14H,6-10H2,1-5H3,(H,19,24)(H2,18,20,21);1H. The van der Waals surface area contributed by atoms with Crippen molar-refractivity contribution in [3.63, 3.8) is 0 Å². The van der Waals surface area contributed by atoms with Crippen molar-refractivity contribution in [1.29, 1.82) is 0 Å². The van der Waals surface area contributed by atoms with Gasteiger partial charge in [0.15, 0.2) is 5.96 Å². The molecule has 0 aromatic carbocycles. The molecule has 1 aromatic heterocycles. The van der Waals surface area contributed by atoms with Crippen molar-refractivity contribution in [3.8, 4) is 0 Å². The summed E-state index contributed by atoms with van der Waals surface area (Å²) in [7, 11) is 3.73. The largest absolute Gasteiger partial charge is 0.355 e. The molecular formula is C17H31IN6O. The normalized spacial score (nSPS) is 15.3. The Morgan fingerprint density at radius 2 is 1.96 bits per heavy atom. The summed E-state index contributed by atoms with van der Waals surface area (Å²) in [6.07, 6.45) is 2.96. The van der Waals surface area contributed by atoms with E-state index in [9.17, 15) is 4.79 Å². The smallest absolute Gasteiger partial charge is 0.223 e. The number of aliphatic imine (C=N–C) groups is 1. The van der Waals surface area contributed by atoms with Crippen LogP contribution < -0.4 is 16.0 Å². The van der Waals surface area contributed by atoms with Gasteiger partial charge in [-0.05, 0) is 45.6 Å². The lowest BCUT2D eigenvalue weighted by molar-refractivity contribution is -0.122. The Hall–Kier alpha value is -1.32. The van der Waals surface area contributed by atoms with Crippen LogP contribution in [0.2, 0.25) is 0 Å². The second-order valence-corrected chi connectivity index (χ2v) is 6.59. The van der Waals surface area contributed by atoms with Gasteiger partial charge in [-0.15, -0.1) is 24.0 Å². The third-order valence-electron chi connectivity index (χ3n) is 4.44. The van der Waals surface area contributed by atoms with Crippen LogP contribution in [-0.4, -0.2) is 47.8 Å². The number of aromatic nitrogens is 2. The minimum absolute atomic E-state index is 0. The van der Waals surface area contributed by atoms with E-state index in [0.29, 0.717) is 13.1 Å². The molecule has 1 aliphatic carbocycles. The number of halogens is 1. The van der Waals surface area contributed by atoms with E-state index in [-0.39, 0.29) is 41.8 Å². The van der Waals surface area contributed by atoms with E-state index in [0.717, 1.165) is 30.9 Å². The highest BCUT2D eigenvalue weighted by Crippen LogP contribution is 2.28. The first-order valence-electron chi connectivity index (χ1n) is 8.66. The van der Waals surface area contributed by atoms with Gasteiger partial charge >= 0.3 is 0 Å². The summed E-state index contributed by atoms with van der Waals surface area (Å²) in [4.78, 5) is 15.8. The first-order chi connectivity index (χ1) is 11.4. The van der Waals surface area contributed by atoms with Crippen molar-refractivity contribution in [2.75, 3.05) is 20.1 Å². The van der Waals surface area contributed by atoms with E-state index < -0.39 is 0 Å². The fraction of sp³-hybridized carbons (Fsp3) is 0.706. The highest BCUT2D eigenvalue weighted by molar-refractivity contribution is 14.0. The molecule has 1 amide bonds. The third-order valence-corrected chi connectivity index (χ3v) is 4.44. The second kappa shape index (κ2) is 9.98. The van der Waals surface area contributed by atoms with E-state index in [2.05, 4.69) is 39.9 Å². The fourth-order valence-electron chi connectivity index (χ4n) is 2.75. The second-order valence-electron chi connectivity index (χ2n) is 6.59. The van der Waals surface area contributed by atoms with Crippen molar-refractivity contribution in [1.82, 2.24) is 25.7 Å². The molecule has 2 rings (SSSR count). The van der Waals surface area contributed by atoms with Gasteiger partial charge in [-0.2, -0.15) is 5.10 Å². The van der Waals surface area contributed by atoms with Gasteiger partial charge in [-0.3, -0.25) is 14.5 Å². The minimum atomic E-state index is 0. The molecule has 0 radical (unpaired) electrons. The van der Waals surface area contributed by atoms with Crippen molar-refractivity contribution < 1.29 is 4.79 Å². The summed E-state index contributed by atoms with van der Waals surface area (Å²) in [6.45, 7) is 7.55. The van der Waals surface area contributed by atoms with Crippen LogP contribution in [0.5, 0.6) is 0 Å². The number of carbonyl (C=O) groups excluding carboxylic acids is 1. The molecule has 8 heteroatoms. The van der Waals surface area contributed by atoms with Gasteiger partial charge in [-0.25, -0.2) is 0 Å². The summed E-state index contributed by atoms with van der Waals surface area (Å²) < 4.78 is 1.92. The van der Waals surface area contributed by atoms with Crippen molar-refractivity contribution >= 4 is 35.8 Å². The molecule has 0 spiro atoms. The average Bonchev–Trinajstić information content (AvgIpc) is 3.35. The number of guanidine groups is 1. The number of rotatable bonds is 7. The van der Waals surface area contributed by atoms with Crippen LogP contribution in [0.25, 0.3) is 0 Å². The molecule has 0 aliphatic heterocycles. The van der Waals surface area contributed by atoms with Crippen LogP contribution in [0, 0.1) is 19.8 Å². The Bertz CT molecular complexity index is 609. The molecule has 1 fully saturated rings. The van der Waals surface area contributed by atoms with Gasteiger partial charge in [0.25, 0.3) is 0 Å². The van der Waals surface area contributed by atoms with Crippen molar-refractivity contribution in [2.24, 2.45) is 18.0 Å². The number of nitrogens with one attached hydrogen (secondary N) is 3. The monoisotopic (exact) mass is 462 g/mol. The Morgan fingerprint density at radius 1 is 1.32 bits per heavy atom. The highest BCUT2D eigenvalue weighted by Gasteiger charge is 2.28. The van der Waals surface area contributed by atoms with Crippen LogP contribution in [0.3, 0.4) is 0 Å². The molecule has 25 heavy (non-hydrogen) atoms. The van der Waals surface area contributed by atoms with Crippen LogP contribution in [-0.2, 0) is 18.3 Å². The lowest BCUT2D eigenvalue weighted by atomic mass is 10.1. The SMILES string of the molecule is CN=C(NCCNC(=O)C1CC1)NC(C)Cc1c(C)nn(C)c1C.I. The molecule has 1 atom stereocenters. The summed E-state index contributed by atoms with van der Waals surface area (Å²) in [5.74, 6) is 1.19. The number of nitrogens with zero attached hydrogens (tertiary/aromatic N) is 3. The quantitative estimate of drug-likeness (QED) is 0.247. The number of carbonyl (C=O) groups is 1. The summed E-state index contributed by atoms with van der Waals surface area (Å²) in [5, 5.41) is 14.0. The zero-order valence-electron chi connectivity index (χ0n) is 15.8. The molecule has 1 heterocycles. The topological polar surface area (TPSA) is 83.3 Å². The summed E-state index contributed by atoms with van der Waals surface area (Å²) in [6, 6.07) is 0.235. The lowest BCUT2D eigenvalue weighted by Crippen LogP contribution is -2.45. The third kappa shape index (κ3) is 6.48. The predicted octanol–water partition coefficient (Wildman–Crippen LogP) is 1.28. The van der Waals surface area contributed by atoms with Gasteiger partial charge in [0.2, 0.25) is 5.91 Å². The molecule has 1 aliphatic rings. The van der Waals surface area contributed by atoms with Gasteiger partial charge in [0.05, 0.1) is 5.69 Å². The molecule has 0 bridgehead atoms. The summed E-state index contributed by atoms with van der Waals surface area (Å²) >= 11 is 0. The van der Waals surface area contributed by atoms with E-state index in [1.807, 2.05) is 18.7 Å². The molecule has 7 nitrogen and oxygen atoms in total. The van der Waals surface area contributed by atoms with Crippen LogP contribution in [0.4, 0.5) is 0 Å². The van der Waals surface area contributed by atoms with E-state index >= 15 is 0 Å². The van der Waals surface area contributed by atoms with Gasteiger partial charge < -0.3 is 16.0 Å². The first-order valence-corrected chi connectivity index (χ1v) is 8.66. The zero-order valence-corrected chi connectivity index (χ0v) is 18.2. The Kier molecular flexibility index (Phi) is 8.67.